The van der Waals surface area contributed by atoms with Crippen LogP contribution in [0.5, 0.6) is 0 Å². The first-order chi connectivity index (χ1) is 9.81. The fourth-order valence-corrected chi connectivity index (χ4v) is 1.54. The summed E-state index contributed by atoms with van der Waals surface area (Å²) in [7, 11) is 0. The number of ketones is 1. The van der Waals surface area contributed by atoms with Crippen LogP contribution >= 0.6 is 0 Å². The number of esters is 1. The Balaban J connectivity index is 4.70. The van der Waals surface area contributed by atoms with Crippen LogP contribution < -0.4 is 5.32 Å². The van der Waals surface area contributed by atoms with Crippen molar-refractivity contribution in [1.29, 1.82) is 5.41 Å². The average molecular weight is 300 g/mol. The molecular formula is C14H24N2O5. The third-order valence-corrected chi connectivity index (χ3v) is 2.58. The molecule has 0 aliphatic heterocycles. The Hall–Kier alpha value is -1.76. The molecule has 120 valence electrons. The van der Waals surface area contributed by atoms with Gasteiger partial charge in [-0.2, -0.15) is 0 Å². The number of ether oxygens (including phenoxy) is 2. The Morgan fingerprint density at radius 2 is 1.86 bits per heavy atom. The second-order valence-electron chi connectivity index (χ2n) is 4.79. The molecule has 0 spiro atoms. The van der Waals surface area contributed by atoms with Gasteiger partial charge >= 0.3 is 5.97 Å². The number of hydrogen-bond donors (Lipinski definition) is 2. The van der Waals surface area contributed by atoms with Gasteiger partial charge in [-0.05, 0) is 34.1 Å². The quantitative estimate of drug-likeness (QED) is 0.459. The van der Waals surface area contributed by atoms with Crippen molar-refractivity contribution in [1.82, 2.24) is 5.32 Å². The van der Waals surface area contributed by atoms with E-state index in [0.29, 0.717) is 12.8 Å². The molecule has 1 amide bonds. The van der Waals surface area contributed by atoms with E-state index in [-0.39, 0.29) is 18.9 Å². The normalized spacial score (nSPS) is 13.4. The molecule has 0 saturated carbocycles. The third-order valence-electron chi connectivity index (χ3n) is 2.58. The minimum Gasteiger partial charge on any atom is -0.461 e. The van der Waals surface area contributed by atoms with E-state index in [1.165, 1.54) is 0 Å². The monoisotopic (exact) mass is 300 g/mol. The first kappa shape index (κ1) is 19.2. The van der Waals surface area contributed by atoms with Crippen LogP contribution in [0.4, 0.5) is 0 Å². The van der Waals surface area contributed by atoms with E-state index in [4.69, 9.17) is 14.9 Å². The zero-order chi connectivity index (χ0) is 16.4. The Kier molecular flexibility index (Phi) is 9.20. The molecule has 0 bridgehead atoms. The van der Waals surface area contributed by atoms with Gasteiger partial charge in [0.2, 0.25) is 5.91 Å². The number of amides is 1. The highest BCUT2D eigenvalue weighted by atomic mass is 16.5. The molecule has 0 unspecified atom stereocenters. The van der Waals surface area contributed by atoms with Gasteiger partial charge in [-0.25, -0.2) is 4.79 Å². The zero-order valence-electron chi connectivity index (χ0n) is 13.0. The third kappa shape index (κ3) is 8.19. The summed E-state index contributed by atoms with van der Waals surface area (Å²) in [5, 5.41) is 9.36. The molecule has 2 atom stereocenters. The molecule has 0 fully saturated rings. The lowest BCUT2D eigenvalue weighted by atomic mass is 10.1. The number of hydrogen-bond acceptors (Lipinski definition) is 6. The number of Topliss-reactive ketones (excluding diaryl/α,β-unsaturated/α-hetero) is 1. The van der Waals surface area contributed by atoms with Crippen molar-refractivity contribution in [3.05, 3.63) is 0 Å². The van der Waals surface area contributed by atoms with E-state index < -0.39 is 29.8 Å². The fourth-order valence-electron chi connectivity index (χ4n) is 1.54. The predicted octanol–water partition coefficient (Wildman–Crippen LogP) is 0.847. The van der Waals surface area contributed by atoms with Gasteiger partial charge in [0.05, 0.1) is 12.3 Å². The van der Waals surface area contributed by atoms with Crippen molar-refractivity contribution in [3.63, 3.8) is 0 Å². The SMILES string of the molecule is CCO[C@@H](C)C(=O)N[C@@H](CCC(=O)C=N)C(=O)OC(C)C. The highest BCUT2D eigenvalue weighted by Crippen LogP contribution is 2.04. The van der Waals surface area contributed by atoms with E-state index in [0.717, 1.165) is 0 Å². The molecule has 0 aliphatic carbocycles. The van der Waals surface area contributed by atoms with E-state index in [1.807, 2.05) is 0 Å². The van der Waals surface area contributed by atoms with Crippen LogP contribution in [-0.2, 0) is 23.9 Å². The Morgan fingerprint density at radius 3 is 2.33 bits per heavy atom. The molecular weight excluding hydrogens is 276 g/mol. The summed E-state index contributed by atoms with van der Waals surface area (Å²) >= 11 is 0. The maximum Gasteiger partial charge on any atom is 0.328 e. The average Bonchev–Trinajstić information content (AvgIpc) is 2.41. The fraction of sp³-hybridized carbons (Fsp3) is 0.714. The molecule has 21 heavy (non-hydrogen) atoms. The summed E-state index contributed by atoms with van der Waals surface area (Å²) in [5.74, 6) is -1.45. The van der Waals surface area contributed by atoms with Crippen molar-refractivity contribution in [2.75, 3.05) is 6.61 Å². The van der Waals surface area contributed by atoms with Crippen molar-refractivity contribution >= 4 is 23.9 Å². The van der Waals surface area contributed by atoms with Crippen molar-refractivity contribution in [2.24, 2.45) is 0 Å². The van der Waals surface area contributed by atoms with Crippen LogP contribution in [-0.4, -0.2) is 48.7 Å². The standard InChI is InChI=1S/C14H24N2O5/c1-5-20-10(4)13(18)16-12(7-6-11(17)8-15)14(19)21-9(2)3/h8-10,12,15H,5-7H2,1-4H3,(H,16,18)/t10-,12-/m0/s1. The topological polar surface area (TPSA) is 106 Å². The van der Waals surface area contributed by atoms with Crippen LogP contribution in [0.3, 0.4) is 0 Å². The van der Waals surface area contributed by atoms with Gasteiger partial charge in [-0.3, -0.25) is 9.59 Å². The highest BCUT2D eigenvalue weighted by molar-refractivity contribution is 6.26. The number of rotatable bonds is 10. The van der Waals surface area contributed by atoms with Gasteiger partial charge in [0.25, 0.3) is 0 Å². The largest absolute Gasteiger partial charge is 0.461 e. The van der Waals surface area contributed by atoms with Crippen molar-refractivity contribution in [2.45, 2.75) is 58.8 Å². The Bertz CT molecular complexity index is 382. The summed E-state index contributed by atoms with van der Waals surface area (Å²) in [4.78, 5) is 34.9. The van der Waals surface area contributed by atoms with Gasteiger partial charge in [0.15, 0.2) is 5.78 Å². The van der Waals surface area contributed by atoms with E-state index in [2.05, 4.69) is 5.32 Å². The van der Waals surface area contributed by atoms with Gasteiger partial charge in [0.1, 0.15) is 12.1 Å². The minimum absolute atomic E-state index is 0.00927. The van der Waals surface area contributed by atoms with Crippen LogP contribution in [0, 0.1) is 5.41 Å². The van der Waals surface area contributed by atoms with Gasteiger partial charge in [-0.15, -0.1) is 0 Å². The molecule has 0 heterocycles. The second-order valence-corrected chi connectivity index (χ2v) is 4.79. The lowest BCUT2D eigenvalue weighted by molar-refractivity contribution is -0.152. The Labute approximate surface area is 124 Å². The first-order valence-corrected chi connectivity index (χ1v) is 6.97. The predicted molar refractivity (Wildman–Crippen MR) is 77.3 cm³/mol. The highest BCUT2D eigenvalue weighted by Gasteiger charge is 2.26. The molecule has 0 aromatic heterocycles. The van der Waals surface area contributed by atoms with Crippen LogP contribution in [0.25, 0.3) is 0 Å². The molecule has 0 aromatic carbocycles. The van der Waals surface area contributed by atoms with Gasteiger partial charge in [-0.1, -0.05) is 0 Å². The molecule has 0 aromatic rings. The number of carbonyl (C=O) groups is 3. The summed E-state index contributed by atoms with van der Waals surface area (Å²) < 4.78 is 10.2. The summed E-state index contributed by atoms with van der Waals surface area (Å²) in [6.45, 7) is 7.11. The van der Waals surface area contributed by atoms with Gasteiger partial charge in [0, 0.05) is 13.0 Å². The summed E-state index contributed by atoms with van der Waals surface area (Å²) in [5.41, 5.74) is 0. The molecule has 0 saturated heterocycles. The van der Waals surface area contributed by atoms with Crippen molar-refractivity contribution in [3.8, 4) is 0 Å². The molecule has 2 N–H and O–H groups in total. The maximum atomic E-state index is 11.9. The lowest BCUT2D eigenvalue weighted by Crippen LogP contribution is -2.46. The van der Waals surface area contributed by atoms with E-state index in [1.54, 1.807) is 27.7 Å². The van der Waals surface area contributed by atoms with Crippen molar-refractivity contribution < 1.29 is 23.9 Å². The van der Waals surface area contributed by atoms with Crippen LogP contribution in [0.1, 0.15) is 40.5 Å². The number of nitrogens with one attached hydrogen (secondary N) is 2. The molecule has 0 rings (SSSR count). The second kappa shape index (κ2) is 10.0. The van der Waals surface area contributed by atoms with E-state index >= 15 is 0 Å². The van der Waals surface area contributed by atoms with Crippen LogP contribution in [0.15, 0.2) is 0 Å². The first-order valence-electron chi connectivity index (χ1n) is 6.97. The smallest absolute Gasteiger partial charge is 0.328 e. The van der Waals surface area contributed by atoms with Gasteiger partial charge < -0.3 is 20.2 Å². The maximum absolute atomic E-state index is 11.9. The molecule has 7 heteroatoms. The molecule has 7 nitrogen and oxygen atoms in total. The van der Waals surface area contributed by atoms with E-state index in [9.17, 15) is 14.4 Å². The molecule has 0 radical (unpaired) electrons. The molecule has 0 aliphatic rings. The van der Waals surface area contributed by atoms with Crippen LogP contribution in [0.2, 0.25) is 0 Å². The number of carbonyl (C=O) groups excluding carboxylic acids is 3. The summed E-state index contributed by atoms with van der Waals surface area (Å²) in [6, 6.07) is -0.924. The summed E-state index contributed by atoms with van der Waals surface area (Å²) in [6.07, 6.45) is -0.243. The zero-order valence-corrected chi connectivity index (χ0v) is 13.0. The Morgan fingerprint density at radius 1 is 1.24 bits per heavy atom. The lowest BCUT2D eigenvalue weighted by Gasteiger charge is -2.20. The minimum atomic E-state index is -0.924.